The van der Waals surface area contributed by atoms with Gasteiger partial charge in [-0.3, -0.25) is 4.68 Å². The van der Waals surface area contributed by atoms with E-state index in [1.807, 2.05) is 23.9 Å². The van der Waals surface area contributed by atoms with Gasteiger partial charge < -0.3 is 5.32 Å². The zero-order valence-corrected chi connectivity index (χ0v) is 10.4. The van der Waals surface area contributed by atoms with Gasteiger partial charge in [0.15, 0.2) is 0 Å². The second-order valence-electron chi connectivity index (χ2n) is 3.63. The normalized spacial score (nSPS) is 10.1. The number of nitrogens with zero attached hydrogens (tertiary/aromatic N) is 4. The highest BCUT2D eigenvalue weighted by molar-refractivity contribution is 7.10. The Morgan fingerprint density at radius 3 is 3.18 bits per heavy atom. The Bertz CT molecular complexity index is 508. The third-order valence-corrected chi connectivity index (χ3v) is 3.28. The highest BCUT2D eigenvalue weighted by Crippen LogP contribution is 2.22. The maximum absolute atomic E-state index is 8.96. The zero-order valence-electron chi connectivity index (χ0n) is 9.55. The fourth-order valence-electron chi connectivity index (χ4n) is 1.50. The second kappa shape index (κ2) is 5.46. The van der Waals surface area contributed by atoms with Gasteiger partial charge in [0.25, 0.3) is 0 Å². The minimum Gasteiger partial charge on any atom is -0.375 e. The van der Waals surface area contributed by atoms with Gasteiger partial charge in [-0.25, -0.2) is 0 Å². The van der Waals surface area contributed by atoms with Crippen molar-refractivity contribution in [2.75, 3.05) is 11.9 Å². The van der Waals surface area contributed by atoms with Crippen molar-refractivity contribution in [1.82, 2.24) is 14.2 Å². The topological polar surface area (TPSA) is 66.5 Å². The first kappa shape index (κ1) is 11.6. The number of hydrogen-bond acceptors (Lipinski definition) is 5. The largest absolute Gasteiger partial charge is 0.375 e. The van der Waals surface area contributed by atoms with Crippen LogP contribution in [-0.4, -0.2) is 20.7 Å². The Kier molecular flexibility index (Phi) is 3.73. The number of nitriles is 1. The van der Waals surface area contributed by atoms with E-state index < -0.39 is 0 Å². The van der Waals surface area contributed by atoms with Gasteiger partial charge in [-0.2, -0.15) is 14.7 Å². The summed E-state index contributed by atoms with van der Waals surface area (Å²) >= 11 is 1.34. The summed E-state index contributed by atoms with van der Waals surface area (Å²) in [5, 5.41) is 17.2. The standard InChI is InChI=1S/C11H13N5S/c1-9-10(8-12)11(17-15-9)13-4-2-6-16-7-3-5-14-16/h3,5,7,13H,2,4,6H2,1H3. The van der Waals surface area contributed by atoms with Crippen molar-refractivity contribution in [3.8, 4) is 6.07 Å². The summed E-state index contributed by atoms with van der Waals surface area (Å²) in [5.41, 5.74) is 1.46. The van der Waals surface area contributed by atoms with Crippen LogP contribution in [-0.2, 0) is 6.54 Å². The predicted molar refractivity (Wildman–Crippen MR) is 66.9 cm³/mol. The second-order valence-corrected chi connectivity index (χ2v) is 4.41. The summed E-state index contributed by atoms with van der Waals surface area (Å²) in [7, 11) is 0. The Labute approximate surface area is 104 Å². The van der Waals surface area contributed by atoms with E-state index in [-0.39, 0.29) is 0 Å². The first-order valence-corrected chi connectivity index (χ1v) is 6.16. The van der Waals surface area contributed by atoms with E-state index in [1.165, 1.54) is 11.5 Å². The minimum atomic E-state index is 0.661. The molecule has 88 valence electrons. The van der Waals surface area contributed by atoms with Crippen molar-refractivity contribution < 1.29 is 0 Å². The molecule has 5 nitrogen and oxygen atoms in total. The molecule has 17 heavy (non-hydrogen) atoms. The molecule has 0 aliphatic rings. The molecule has 2 heterocycles. The lowest BCUT2D eigenvalue weighted by Gasteiger charge is -2.04. The SMILES string of the molecule is Cc1nsc(NCCCn2cccn2)c1C#N. The summed E-state index contributed by atoms with van der Waals surface area (Å²) in [5.74, 6) is 0. The molecular formula is C11H13N5S. The first-order chi connectivity index (χ1) is 8.31. The molecule has 0 saturated carbocycles. The van der Waals surface area contributed by atoms with Gasteiger partial charge in [0.2, 0.25) is 0 Å². The highest BCUT2D eigenvalue weighted by Gasteiger charge is 2.08. The lowest BCUT2D eigenvalue weighted by atomic mass is 10.3. The molecule has 1 N–H and O–H groups in total. The predicted octanol–water partition coefficient (Wildman–Crippen LogP) is 2.02. The van der Waals surface area contributed by atoms with E-state index in [0.29, 0.717) is 5.56 Å². The molecule has 2 aromatic heterocycles. The van der Waals surface area contributed by atoms with Crippen LogP contribution in [0, 0.1) is 18.3 Å². The highest BCUT2D eigenvalue weighted by atomic mass is 32.1. The smallest absolute Gasteiger partial charge is 0.127 e. The Hall–Kier alpha value is -1.87. The van der Waals surface area contributed by atoms with Gasteiger partial charge in [0.1, 0.15) is 16.6 Å². The Morgan fingerprint density at radius 1 is 1.59 bits per heavy atom. The van der Waals surface area contributed by atoms with E-state index in [9.17, 15) is 0 Å². The monoisotopic (exact) mass is 247 g/mol. The van der Waals surface area contributed by atoms with Crippen LogP contribution in [0.2, 0.25) is 0 Å². The van der Waals surface area contributed by atoms with Crippen molar-refractivity contribution in [2.24, 2.45) is 0 Å². The lowest BCUT2D eigenvalue weighted by Crippen LogP contribution is -2.06. The third-order valence-electron chi connectivity index (χ3n) is 2.38. The van der Waals surface area contributed by atoms with E-state index >= 15 is 0 Å². The number of nitrogens with one attached hydrogen (secondary N) is 1. The van der Waals surface area contributed by atoms with E-state index in [2.05, 4.69) is 20.9 Å². The molecule has 0 aromatic carbocycles. The molecular weight excluding hydrogens is 234 g/mol. The first-order valence-electron chi connectivity index (χ1n) is 5.39. The summed E-state index contributed by atoms with van der Waals surface area (Å²) in [6, 6.07) is 4.08. The van der Waals surface area contributed by atoms with Crippen LogP contribution in [0.5, 0.6) is 0 Å². The summed E-state index contributed by atoms with van der Waals surface area (Å²) in [4.78, 5) is 0. The molecule has 0 unspecified atom stereocenters. The van der Waals surface area contributed by atoms with Crippen LogP contribution < -0.4 is 5.32 Å². The maximum atomic E-state index is 8.96. The van der Waals surface area contributed by atoms with Gasteiger partial charge >= 0.3 is 0 Å². The third kappa shape index (κ3) is 2.82. The van der Waals surface area contributed by atoms with Gasteiger partial charge in [0, 0.05) is 25.5 Å². The van der Waals surface area contributed by atoms with Crippen LogP contribution in [0.3, 0.4) is 0 Å². The van der Waals surface area contributed by atoms with Crippen LogP contribution in [0.1, 0.15) is 17.7 Å². The molecule has 0 atom stereocenters. The average Bonchev–Trinajstić information content (AvgIpc) is 2.94. The summed E-state index contributed by atoms with van der Waals surface area (Å²) in [6.07, 6.45) is 4.68. The van der Waals surface area contributed by atoms with Crippen LogP contribution in [0.4, 0.5) is 5.00 Å². The molecule has 0 bridgehead atoms. The molecule has 0 aliphatic heterocycles. The lowest BCUT2D eigenvalue weighted by molar-refractivity contribution is 0.592. The minimum absolute atomic E-state index is 0.661. The van der Waals surface area contributed by atoms with Crippen molar-refractivity contribution in [2.45, 2.75) is 19.9 Å². The van der Waals surface area contributed by atoms with Gasteiger partial charge in [-0.1, -0.05) is 0 Å². The number of hydrogen-bond donors (Lipinski definition) is 1. The van der Waals surface area contributed by atoms with Crippen molar-refractivity contribution in [1.29, 1.82) is 5.26 Å². The summed E-state index contributed by atoms with van der Waals surface area (Å²) in [6.45, 7) is 3.54. The van der Waals surface area contributed by atoms with E-state index in [1.54, 1.807) is 6.20 Å². The molecule has 0 amide bonds. The van der Waals surface area contributed by atoms with Gasteiger partial charge in [-0.15, -0.1) is 0 Å². The maximum Gasteiger partial charge on any atom is 0.127 e. The number of aromatic nitrogens is 3. The number of rotatable bonds is 5. The van der Waals surface area contributed by atoms with Gasteiger partial charge in [-0.05, 0) is 30.9 Å². The van der Waals surface area contributed by atoms with Crippen molar-refractivity contribution in [3.63, 3.8) is 0 Å². The Morgan fingerprint density at radius 2 is 2.47 bits per heavy atom. The molecule has 0 saturated heterocycles. The Balaban J connectivity index is 1.80. The number of anilines is 1. The molecule has 0 fully saturated rings. The van der Waals surface area contributed by atoms with Crippen molar-refractivity contribution in [3.05, 3.63) is 29.7 Å². The van der Waals surface area contributed by atoms with Crippen LogP contribution in [0.25, 0.3) is 0 Å². The fourth-order valence-corrected chi connectivity index (χ4v) is 2.27. The molecule has 0 spiro atoms. The molecule has 0 aliphatic carbocycles. The van der Waals surface area contributed by atoms with Crippen molar-refractivity contribution >= 4 is 16.5 Å². The quantitative estimate of drug-likeness (QED) is 0.821. The zero-order chi connectivity index (χ0) is 12.1. The van der Waals surface area contributed by atoms with Gasteiger partial charge in [0.05, 0.1) is 5.69 Å². The molecule has 2 aromatic rings. The molecule has 6 heteroatoms. The average molecular weight is 247 g/mol. The van der Waals surface area contributed by atoms with Crippen LogP contribution in [0.15, 0.2) is 18.5 Å². The fraction of sp³-hybridized carbons (Fsp3) is 0.364. The molecule has 0 radical (unpaired) electrons. The van der Waals surface area contributed by atoms with Crippen LogP contribution >= 0.6 is 11.5 Å². The van der Waals surface area contributed by atoms with E-state index in [4.69, 9.17) is 5.26 Å². The summed E-state index contributed by atoms with van der Waals surface area (Å²) < 4.78 is 6.05. The van der Waals surface area contributed by atoms with E-state index in [0.717, 1.165) is 30.2 Å². The molecule has 2 rings (SSSR count). The number of aryl methyl sites for hydroxylation is 2.